The van der Waals surface area contributed by atoms with E-state index >= 15 is 0 Å². The normalized spacial score (nSPS) is 14.7. The number of furan rings is 1. The average molecular weight is 453 g/mol. The van der Waals surface area contributed by atoms with Crippen molar-refractivity contribution in [3.8, 4) is 11.3 Å². The summed E-state index contributed by atoms with van der Waals surface area (Å²) in [6.45, 7) is 3.13. The minimum Gasteiger partial charge on any atom is -0.457 e. The Morgan fingerprint density at radius 1 is 0.969 bits per heavy atom. The van der Waals surface area contributed by atoms with Crippen LogP contribution < -0.4 is 9.62 Å². The molecular formula is C24H24N2O5S. The lowest BCUT2D eigenvalue weighted by atomic mass is 10.1. The third-order valence-corrected chi connectivity index (χ3v) is 6.70. The van der Waals surface area contributed by atoms with E-state index in [0.717, 1.165) is 24.3 Å². The minimum atomic E-state index is -3.48. The molecule has 0 radical (unpaired) electrons. The number of morpholine rings is 1. The number of nitrogens with zero attached hydrogens (tertiary/aromatic N) is 1. The van der Waals surface area contributed by atoms with Gasteiger partial charge in [0.05, 0.1) is 18.1 Å². The molecule has 32 heavy (non-hydrogen) atoms. The van der Waals surface area contributed by atoms with Gasteiger partial charge < -0.3 is 14.1 Å². The summed E-state index contributed by atoms with van der Waals surface area (Å²) in [5, 5.41) is 0. The number of hydrogen-bond acceptors (Lipinski definition) is 6. The number of anilines is 1. The van der Waals surface area contributed by atoms with Crippen LogP contribution in [0.25, 0.3) is 17.4 Å². The largest absolute Gasteiger partial charge is 0.457 e. The van der Waals surface area contributed by atoms with Crippen LogP contribution in [0.5, 0.6) is 0 Å². The SMILES string of the molecule is CNS(=O)(=O)c1ccc(-c2ccc(/C=C\C(=O)c3ccc(N4CCOCC4)cc3)o2)cc1. The summed E-state index contributed by atoms with van der Waals surface area (Å²) in [6.07, 6.45) is 3.11. The molecule has 0 atom stereocenters. The Morgan fingerprint density at radius 2 is 1.66 bits per heavy atom. The lowest BCUT2D eigenvalue weighted by molar-refractivity contribution is 0.104. The Morgan fingerprint density at radius 3 is 2.31 bits per heavy atom. The highest BCUT2D eigenvalue weighted by atomic mass is 32.2. The zero-order chi connectivity index (χ0) is 22.6. The minimum absolute atomic E-state index is 0.113. The average Bonchev–Trinajstić information content (AvgIpc) is 3.32. The van der Waals surface area contributed by atoms with E-state index in [4.69, 9.17) is 9.15 Å². The van der Waals surface area contributed by atoms with Gasteiger partial charge in [-0.05, 0) is 79.9 Å². The molecule has 166 valence electrons. The number of carbonyl (C=O) groups is 1. The fourth-order valence-electron chi connectivity index (χ4n) is 3.43. The van der Waals surface area contributed by atoms with Gasteiger partial charge in [0, 0.05) is 29.9 Å². The molecule has 8 heteroatoms. The van der Waals surface area contributed by atoms with Crippen LogP contribution in [0, 0.1) is 0 Å². The van der Waals surface area contributed by atoms with Crippen molar-refractivity contribution < 1.29 is 22.4 Å². The molecule has 1 aliphatic rings. The third-order valence-electron chi connectivity index (χ3n) is 5.27. The molecule has 0 amide bonds. The molecule has 3 aromatic rings. The summed E-state index contributed by atoms with van der Waals surface area (Å²) in [5.74, 6) is 1.00. The first-order chi connectivity index (χ1) is 15.5. The van der Waals surface area contributed by atoms with Gasteiger partial charge >= 0.3 is 0 Å². The zero-order valence-electron chi connectivity index (χ0n) is 17.7. The molecule has 0 unspecified atom stereocenters. The molecular weight excluding hydrogens is 428 g/mol. The van der Waals surface area contributed by atoms with Crippen molar-refractivity contribution in [2.45, 2.75) is 4.90 Å². The van der Waals surface area contributed by atoms with Crippen molar-refractivity contribution in [1.29, 1.82) is 0 Å². The highest BCUT2D eigenvalue weighted by Crippen LogP contribution is 2.24. The van der Waals surface area contributed by atoms with Crippen LogP contribution in [-0.2, 0) is 14.8 Å². The predicted molar refractivity (Wildman–Crippen MR) is 123 cm³/mol. The van der Waals surface area contributed by atoms with Crippen LogP contribution in [0.3, 0.4) is 0 Å². The molecule has 7 nitrogen and oxygen atoms in total. The predicted octanol–water partition coefficient (Wildman–Crippen LogP) is 3.59. The van der Waals surface area contributed by atoms with Crippen molar-refractivity contribution in [2.24, 2.45) is 0 Å². The van der Waals surface area contributed by atoms with Crippen LogP contribution in [0.2, 0.25) is 0 Å². The van der Waals surface area contributed by atoms with Crippen molar-refractivity contribution in [3.05, 3.63) is 78.1 Å². The van der Waals surface area contributed by atoms with Gasteiger partial charge in [0.15, 0.2) is 5.78 Å². The van der Waals surface area contributed by atoms with E-state index in [1.54, 1.807) is 30.3 Å². The second-order valence-corrected chi connectivity index (χ2v) is 9.16. The number of rotatable bonds is 7. The molecule has 1 aromatic heterocycles. The van der Waals surface area contributed by atoms with Crippen LogP contribution in [0.1, 0.15) is 16.1 Å². The number of allylic oxidation sites excluding steroid dienone is 1. The van der Waals surface area contributed by atoms with E-state index in [1.165, 1.54) is 25.3 Å². The van der Waals surface area contributed by atoms with Crippen molar-refractivity contribution in [3.63, 3.8) is 0 Å². The first-order valence-corrected chi connectivity index (χ1v) is 11.7. The molecule has 0 saturated carbocycles. The first kappa shape index (κ1) is 22.0. The number of hydrogen-bond donors (Lipinski definition) is 1. The summed E-state index contributed by atoms with van der Waals surface area (Å²) >= 11 is 0. The van der Waals surface area contributed by atoms with Gasteiger partial charge in [-0.1, -0.05) is 0 Å². The number of nitrogens with one attached hydrogen (secondary N) is 1. The molecule has 1 saturated heterocycles. The van der Waals surface area contributed by atoms with Crippen LogP contribution in [-0.4, -0.2) is 47.6 Å². The highest BCUT2D eigenvalue weighted by Gasteiger charge is 2.13. The van der Waals surface area contributed by atoms with Gasteiger partial charge in [0.2, 0.25) is 10.0 Å². The maximum atomic E-state index is 12.5. The molecule has 2 aromatic carbocycles. The number of ether oxygens (including phenoxy) is 1. The molecule has 0 spiro atoms. The highest BCUT2D eigenvalue weighted by molar-refractivity contribution is 7.89. The zero-order valence-corrected chi connectivity index (χ0v) is 18.5. The Bertz CT molecular complexity index is 1210. The molecule has 0 bridgehead atoms. The summed E-state index contributed by atoms with van der Waals surface area (Å²) in [5.41, 5.74) is 2.43. The van der Waals surface area contributed by atoms with Crippen molar-refractivity contribution in [2.75, 3.05) is 38.3 Å². The second kappa shape index (κ2) is 9.52. The summed E-state index contributed by atoms with van der Waals surface area (Å²) < 4.78 is 37.1. The van der Waals surface area contributed by atoms with Gasteiger partial charge in [0.1, 0.15) is 11.5 Å². The lowest BCUT2D eigenvalue weighted by Crippen LogP contribution is -2.36. The molecule has 4 rings (SSSR count). The Kier molecular flexibility index (Phi) is 6.55. The maximum Gasteiger partial charge on any atom is 0.240 e. The molecule has 1 fully saturated rings. The van der Waals surface area contributed by atoms with Crippen molar-refractivity contribution in [1.82, 2.24) is 4.72 Å². The third kappa shape index (κ3) is 4.99. The summed E-state index contributed by atoms with van der Waals surface area (Å²) in [6, 6.07) is 17.5. The van der Waals surface area contributed by atoms with E-state index < -0.39 is 10.0 Å². The van der Waals surface area contributed by atoms with E-state index in [1.807, 2.05) is 24.3 Å². The van der Waals surface area contributed by atoms with Gasteiger partial charge in [-0.2, -0.15) is 0 Å². The Balaban J connectivity index is 1.41. The van der Waals surface area contributed by atoms with E-state index in [9.17, 15) is 13.2 Å². The Hall–Kier alpha value is -3.20. The molecule has 1 N–H and O–H groups in total. The van der Waals surface area contributed by atoms with Gasteiger partial charge in [-0.15, -0.1) is 0 Å². The fourth-order valence-corrected chi connectivity index (χ4v) is 4.16. The van der Waals surface area contributed by atoms with E-state index in [0.29, 0.717) is 30.3 Å². The molecule has 0 aliphatic carbocycles. The number of carbonyl (C=O) groups excluding carboxylic acids is 1. The molecule has 1 aliphatic heterocycles. The van der Waals surface area contributed by atoms with Crippen LogP contribution >= 0.6 is 0 Å². The lowest BCUT2D eigenvalue weighted by Gasteiger charge is -2.28. The van der Waals surface area contributed by atoms with Gasteiger partial charge in [-0.25, -0.2) is 13.1 Å². The maximum absolute atomic E-state index is 12.5. The van der Waals surface area contributed by atoms with Crippen LogP contribution in [0.4, 0.5) is 5.69 Å². The smallest absolute Gasteiger partial charge is 0.240 e. The standard InChI is InChI=1S/C24H24N2O5S/c1-25-32(28,29)22-10-4-19(5-11-22)24-13-9-21(31-24)8-12-23(27)18-2-6-20(7-3-18)26-14-16-30-17-15-26/h2-13,25H,14-17H2,1H3/b12-8-. The fraction of sp³-hybridized carbons (Fsp3) is 0.208. The summed E-state index contributed by atoms with van der Waals surface area (Å²) in [7, 11) is -2.11. The number of benzene rings is 2. The van der Waals surface area contributed by atoms with E-state index in [2.05, 4.69) is 9.62 Å². The van der Waals surface area contributed by atoms with Gasteiger partial charge in [-0.3, -0.25) is 4.79 Å². The van der Waals surface area contributed by atoms with Gasteiger partial charge in [0.25, 0.3) is 0 Å². The van der Waals surface area contributed by atoms with Crippen LogP contribution in [0.15, 0.2) is 76.1 Å². The number of sulfonamides is 1. The number of ketones is 1. The quantitative estimate of drug-likeness (QED) is 0.435. The Labute approximate surface area is 187 Å². The topological polar surface area (TPSA) is 88.9 Å². The monoisotopic (exact) mass is 452 g/mol. The first-order valence-electron chi connectivity index (χ1n) is 10.3. The molecule has 2 heterocycles. The van der Waals surface area contributed by atoms with E-state index in [-0.39, 0.29) is 10.7 Å². The van der Waals surface area contributed by atoms with Crippen molar-refractivity contribution >= 4 is 27.6 Å². The summed E-state index contributed by atoms with van der Waals surface area (Å²) in [4.78, 5) is 14.9. The second-order valence-electron chi connectivity index (χ2n) is 7.28.